The second kappa shape index (κ2) is 8.44. The highest BCUT2D eigenvalue weighted by atomic mass is 16.5. The van der Waals surface area contributed by atoms with Crippen molar-refractivity contribution in [1.82, 2.24) is 9.88 Å². The van der Waals surface area contributed by atoms with Crippen LogP contribution in [0, 0.1) is 11.3 Å². The number of nitrogens with zero attached hydrogens (tertiary/aromatic N) is 3. The van der Waals surface area contributed by atoms with Gasteiger partial charge < -0.3 is 14.4 Å². The second-order valence-electron chi connectivity index (χ2n) is 6.71. The van der Waals surface area contributed by atoms with E-state index in [-0.39, 0.29) is 12.0 Å². The minimum Gasteiger partial charge on any atom is -0.472 e. The topological polar surface area (TPSA) is 75.5 Å². The van der Waals surface area contributed by atoms with Crippen molar-refractivity contribution in [3.63, 3.8) is 0 Å². The van der Waals surface area contributed by atoms with Gasteiger partial charge in [-0.25, -0.2) is 4.98 Å². The Hall–Kier alpha value is -3.85. The number of ether oxygens (including phenoxy) is 2. The van der Waals surface area contributed by atoms with E-state index in [4.69, 9.17) is 14.7 Å². The SMILES string of the molecule is N#Cc1ccnc(OC2CCN(C(=O)c3ccc(Oc4ccccc4)cc3)C2)c1. The molecule has 2 heterocycles. The summed E-state index contributed by atoms with van der Waals surface area (Å²) >= 11 is 0. The second-order valence-corrected chi connectivity index (χ2v) is 6.71. The van der Waals surface area contributed by atoms with Crippen molar-refractivity contribution in [3.8, 4) is 23.4 Å². The zero-order valence-corrected chi connectivity index (χ0v) is 15.7. The summed E-state index contributed by atoms with van der Waals surface area (Å²) in [5.74, 6) is 1.80. The molecular formula is C23H19N3O3. The van der Waals surface area contributed by atoms with Crippen LogP contribution in [-0.2, 0) is 0 Å². The maximum atomic E-state index is 12.8. The fraction of sp³-hybridized carbons (Fsp3) is 0.174. The molecule has 0 bridgehead atoms. The molecule has 0 N–H and O–H groups in total. The first-order chi connectivity index (χ1) is 14.2. The standard InChI is InChI=1S/C23H19N3O3/c24-15-17-10-12-25-22(14-17)29-21-11-13-26(16-21)23(27)18-6-8-20(9-7-18)28-19-4-2-1-3-5-19/h1-10,12,14,21H,11,13,16H2. The Bertz CT molecular complexity index is 1030. The Labute approximate surface area is 168 Å². The number of carbonyl (C=O) groups is 1. The molecular weight excluding hydrogens is 366 g/mol. The van der Waals surface area contributed by atoms with Gasteiger partial charge >= 0.3 is 0 Å². The molecule has 29 heavy (non-hydrogen) atoms. The molecule has 4 rings (SSSR count). The van der Waals surface area contributed by atoms with Gasteiger partial charge in [-0.1, -0.05) is 18.2 Å². The van der Waals surface area contributed by atoms with Crippen LogP contribution in [0.3, 0.4) is 0 Å². The number of benzene rings is 2. The van der Waals surface area contributed by atoms with Gasteiger partial charge in [0, 0.05) is 30.8 Å². The molecule has 1 aliphatic heterocycles. The van der Waals surface area contributed by atoms with Crippen molar-refractivity contribution in [3.05, 3.63) is 84.1 Å². The Balaban J connectivity index is 1.35. The largest absolute Gasteiger partial charge is 0.472 e. The molecule has 1 unspecified atom stereocenters. The summed E-state index contributed by atoms with van der Waals surface area (Å²) < 4.78 is 11.6. The van der Waals surface area contributed by atoms with E-state index in [1.807, 2.05) is 30.3 Å². The van der Waals surface area contributed by atoms with E-state index in [0.29, 0.717) is 35.8 Å². The van der Waals surface area contributed by atoms with Crippen molar-refractivity contribution >= 4 is 5.91 Å². The molecule has 2 aromatic carbocycles. The Morgan fingerprint density at radius 2 is 1.83 bits per heavy atom. The molecule has 144 valence electrons. The Morgan fingerprint density at radius 3 is 2.59 bits per heavy atom. The summed E-state index contributed by atoms with van der Waals surface area (Å²) in [5.41, 5.74) is 1.11. The van der Waals surface area contributed by atoms with Crippen LogP contribution in [0.5, 0.6) is 17.4 Å². The van der Waals surface area contributed by atoms with E-state index in [0.717, 1.165) is 12.2 Å². The maximum absolute atomic E-state index is 12.8. The van der Waals surface area contributed by atoms with Crippen LogP contribution in [0.2, 0.25) is 0 Å². The number of likely N-dealkylation sites (tertiary alicyclic amines) is 1. The van der Waals surface area contributed by atoms with E-state index in [1.165, 1.54) is 0 Å². The van der Waals surface area contributed by atoms with Crippen molar-refractivity contribution < 1.29 is 14.3 Å². The fourth-order valence-electron chi connectivity index (χ4n) is 3.20. The van der Waals surface area contributed by atoms with Crippen LogP contribution in [0.15, 0.2) is 72.9 Å². The molecule has 1 fully saturated rings. The van der Waals surface area contributed by atoms with Crippen LogP contribution in [0.25, 0.3) is 0 Å². The highest BCUT2D eigenvalue weighted by Crippen LogP contribution is 2.23. The number of hydrogen-bond acceptors (Lipinski definition) is 5. The van der Waals surface area contributed by atoms with Gasteiger partial charge in [-0.3, -0.25) is 4.79 Å². The van der Waals surface area contributed by atoms with Gasteiger partial charge in [-0.15, -0.1) is 0 Å². The number of amides is 1. The van der Waals surface area contributed by atoms with Crippen LogP contribution in [0.4, 0.5) is 0 Å². The third-order valence-electron chi connectivity index (χ3n) is 4.66. The molecule has 0 aliphatic carbocycles. The van der Waals surface area contributed by atoms with Crippen molar-refractivity contribution in [1.29, 1.82) is 5.26 Å². The van der Waals surface area contributed by atoms with Crippen LogP contribution in [-0.4, -0.2) is 35.0 Å². The van der Waals surface area contributed by atoms with Crippen molar-refractivity contribution in [2.75, 3.05) is 13.1 Å². The summed E-state index contributed by atoms with van der Waals surface area (Å²) in [6.45, 7) is 1.10. The summed E-state index contributed by atoms with van der Waals surface area (Å²) in [7, 11) is 0. The maximum Gasteiger partial charge on any atom is 0.253 e. The first-order valence-electron chi connectivity index (χ1n) is 9.36. The molecule has 0 radical (unpaired) electrons. The average Bonchev–Trinajstić information content (AvgIpc) is 3.23. The molecule has 1 saturated heterocycles. The molecule has 1 amide bonds. The van der Waals surface area contributed by atoms with E-state index in [2.05, 4.69) is 11.1 Å². The van der Waals surface area contributed by atoms with Gasteiger partial charge in [-0.2, -0.15) is 5.26 Å². The van der Waals surface area contributed by atoms with E-state index < -0.39 is 0 Å². The van der Waals surface area contributed by atoms with Gasteiger partial charge in [0.15, 0.2) is 0 Å². The number of hydrogen-bond donors (Lipinski definition) is 0. The Morgan fingerprint density at radius 1 is 1.07 bits per heavy atom. The van der Waals surface area contributed by atoms with Crippen molar-refractivity contribution in [2.24, 2.45) is 0 Å². The number of carbonyl (C=O) groups excluding carboxylic acids is 1. The predicted molar refractivity (Wildman–Crippen MR) is 107 cm³/mol. The highest BCUT2D eigenvalue weighted by Gasteiger charge is 2.28. The lowest BCUT2D eigenvalue weighted by atomic mass is 10.2. The third kappa shape index (κ3) is 4.53. The molecule has 3 aromatic rings. The molecule has 0 spiro atoms. The lowest BCUT2D eigenvalue weighted by molar-refractivity contribution is 0.0771. The number of aromatic nitrogens is 1. The van der Waals surface area contributed by atoms with Crippen LogP contribution >= 0.6 is 0 Å². The van der Waals surface area contributed by atoms with Gasteiger partial charge in [-0.05, 0) is 42.5 Å². The van der Waals surface area contributed by atoms with Crippen LogP contribution < -0.4 is 9.47 Å². The zero-order chi connectivity index (χ0) is 20.1. The lowest BCUT2D eigenvalue weighted by Gasteiger charge is -2.17. The molecule has 6 nitrogen and oxygen atoms in total. The third-order valence-corrected chi connectivity index (χ3v) is 4.66. The number of nitriles is 1. The molecule has 1 aliphatic rings. The highest BCUT2D eigenvalue weighted by molar-refractivity contribution is 5.94. The Kier molecular flexibility index (Phi) is 5.39. The molecule has 1 aromatic heterocycles. The summed E-state index contributed by atoms with van der Waals surface area (Å²) in [4.78, 5) is 18.7. The first kappa shape index (κ1) is 18.5. The molecule has 1 atom stereocenters. The fourth-order valence-corrected chi connectivity index (χ4v) is 3.20. The van der Waals surface area contributed by atoms with Gasteiger partial charge in [0.25, 0.3) is 5.91 Å². The zero-order valence-electron chi connectivity index (χ0n) is 15.7. The quantitative estimate of drug-likeness (QED) is 0.663. The van der Waals surface area contributed by atoms with Gasteiger partial charge in [0.1, 0.15) is 17.6 Å². The summed E-state index contributed by atoms with van der Waals surface area (Å²) in [5, 5.41) is 8.97. The molecule has 6 heteroatoms. The van der Waals surface area contributed by atoms with E-state index in [9.17, 15) is 4.79 Å². The average molecular weight is 385 g/mol. The predicted octanol–water partition coefficient (Wildman–Crippen LogP) is 4.04. The summed E-state index contributed by atoms with van der Waals surface area (Å²) in [6, 6.07) is 21.9. The first-order valence-corrected chi connectivity index (χ1v) is 9.36. The normalized spacial score (nSPS) is 15.6. The minimum atomic E-state index is -0.138. The number of pyridine rings is 1. The van der Waals surface area contributed by atoms with Gasteiger partial charge in [0.05, 0.1) is 18.2 Å². The van der Waals surface area contributed by atoms with Crippen LogP contribution in [0.1, 0.15) is 22.3 Å². The monoisotopic (exact) mass is 385 g/mol. The van der Waals surface area contributed by atoms with E-state index in [1.54, 1.807) is 47.5 Å². The van der Waals surface area contributed by atoms with E-state index >= 15 is 0 Å². The number of para-hydroxylation sites is 1. The smallest absolute Gasteiger partial charge is 0.253 e. The lowest BCUT2D eigenvalue weighted by Crippen LogP contribution is -2.31. The molecule has 0 saturated carbocycles. The van der Waals surface area contributed by atoms with Crippen molar-refractivity contribution in [2.45, 2.75) is 12.5 Å². The van der Waals surface area contributed by atoms with Gasteiger partial charge in [0.2, 0.25) is 5.88 Å². The number of rotatable bonds is 5. The minimum absolute atomic E-state index is 0.0407. The summed E-state index contributed by atoms with van der Waals surface area (Å²) in [6.07, 6.45) is 2.13.